The molecule has 0 fully saturated rings. The van der Waals surface area contributed by atoms with Crippen LogP contribution in [0, 0.1) is 19.3 Å². The topological polar surface area (TPSA) is 101 Å². The van der Waals surface area contributed by atoms with Gasteiger partial charge in [-0.05, 0) is 13.8 Å². The maximum atomic E-state index is 12.1. The number of thiocarbonyl (C=S) groups is 1. The summed E-state index contributed by atoms with van der Waals surface area (Å²) in [5.74, 6) is 0. The molecule has 0 atom stereocenters. The van der Waals surface area contributed by atoms with E-state index >= 15 is 0 Å². The van der Waals surface area contributed by atoms with Crippen molar-refractivity contribution in [2.45, 2.75) is 32.6 Å². The zero-order valence-electron chi connectivity index (χ0n) is 10.9. The number of sulfonamides is 1. The van der Waals surface area contributed by atoms with Crippen LogP contribution in [0.4, 0.5) is 0 Å². The second-order valence-corrected chi connectivity index (χ2v) is 6.98. The first-order chi connectivity index (χ1) is 8.08. The lowest BCUT2D eigenvalue weighted by Gasteiger charge is -2.23. The molecule has 18 heavy (non-hydrogen) atoms. The van der Waals surface area contributed by atoms with Crippen molar-refractivity contribution in [3.63, 3.8) is 0 Å². The molecule has 0 aromatic carbocycles. The van der Waals surface area contributed by atoms with E-state index in [0.717, 1.165) is 0 Å². The van der Waals surface area contributed by atoms with Gasteiger partial charge in [-0.15, -0.1) is 0 Å². The Hall–Kier alpha value is -0.990. The Bertz CT molecular complexity index is 541. The first-order valence-electron chi connectivity index (χ1n) is 5.39. The summed E-state index contributed by atoms with van der Waals surface area (Å²) in [6, 6.07) is 0. The number of hydrogen-bond acceptors (Lipinski definition) is 4. The van der Waals surface area contributed by atoms with Crippen LogP contribution in [0.2, 0.25) is 0 Å². The number of aryl methyl sites for hydroxylation is 2. The molecule has 0 spiro atoms. The average molecular weight is 290 g/mol. The van der Waals surface area contributed by atoms with Gasteiger partial charge in [-0.25, -0.2) is 13.1 Å². The molecule has 0 unspecified atom stereocenters. The van der Waals surface area contributed by atoms with E-state index in [0.29, 0.717) is 11.4 Å². The predicted molar refractivity (Wildman–Crippen MR) is 73.8 cm³/mol. The molecule has 0 aliphatic carbocycles. The third-order valence-electron chi connectivity index (χ3n) is 2.70. The van der Waals surface area contributed by atoms with Crippen molar-refractivity contribution in [2.75, 3.05) is 6.54 Å². The monoisotopic (exact) mass is 290 g/mol. The van der Waals surface area contributed by atoms with Crippen LogP contribution in [0.5, 0.6) is 0 Å². The van der Waals surface area contributed by atoms with Crippen molar-refractivity contribution < 1.29 is 8.42 Å². The molecule has 0 saturated carbocycles. The van der Waals surface area contributed by atoms with Crippen LogP contribution >= 0.6 is 12.2 Å². The molecule has 0 bridgehead atoms. The summed E-state index contributed by atoms with van der Waals surface area (Å²) in [5, 5.41) is 6.51. The maximum absolute atomic E-state index is 12.1. The Morgan fingerprint density at radius 1 is 1.50 bits per heavy atom. The molecule has 0 amide bonds. The lowest BCUT2D eigenvalue weighted by molar-refractivity contribution is 0.501. The van der Waals surface area contributed by atoms with Crippen molar-refractivity contribution in [1.82, 2.24) is 14.9 Å². The summed E-state index contributed by atoms with van der Waals surface area (Å²) in [7, 11) is -3.60. The number of H-pyrrole nitrogens is 1. The van der Waals surface area contributed by atoms with Gasteiger partial charge in [-0.2, -0.15) is 5.10 Å². The van der Waals surface area contributed by atoms with E-state index in [4.69, 9.17) is 18.0 Å². The fourth-order valence-corrected chi connectivity index (χ4v) is 3.02. The normalized spacial score (nSPS) is 12.7. The summed E-state index contributed by atoms with van der Waals surface area (Å²) >= 11 is 4.90. The largest absolute Gasteiger partial charge is 0.393 e. The molecule has 4 N–H and O–H groups in total. The number of aromatic amines is 1. The van der Waals surface area contributed by atoms with Gasteiger partial charge in [0.1, 0.15) is 4.90 Å². The maximum Gasteiger partial charge on any atom is 0.244 e. The number of nitrogens with two attached hydrogens (primary N) is 1. The Kier molecular flexibility index (Phi) is 4.14. The summed E-state index contributed by atoms with van der Waals surface area (Å²) in [6.07, 6.45) is 0. The van der Waals surface area contributed by atoms with E-state index in [2.05, 4.69) is 14.9 Å². The molecule has 0 aliphatic heterocycles. The van der Waals surface area contributed by atoms with E-state index < -0.39 is 15.4 Å². The number of aromatic nitrogens is 2. The van der Waals surface area contributed by atoms with E-state index in [9.17, 15) is 8.42 Å². The molecule has 0 saturated heterocycles. The van der Waals surface area contributed by atoms with E-state index in [1.807, 2.05) is 0 Å². The Balaban J connectivity index is 2.95. The quantitative estimate of drug-likeness (QED) is 0.690. The van der Waals surface area contributed by atoms with Crippen LogP contribution in [-0.2, 0) is 10.0 Å². The molecule has 1 aromatic rings. The van der Waals surface area contributed by atoms with E-state index in [1.165, 1.54) is 0 Å². The smallest absolute Gasteiger partial charge is 0.244 e. The van der Waals surface area contributed by atoms with Gasteiger partial charge in [0.25, 0.3) is 0 Å². The summed E-state index contributed by atoms with van der Waals surface area (Å²) in [6.45, 7) is 7.01. The van der Waals surface area contributed by atoms with Gasteiger partial charge in [-0.1, -0.05) is 26.1 Å². The third-order valence-corrected chi connectivity index (χ3v) is 4.92. The summed E-state index contributed by atoms with van der Waals surface area (Å²) in [4.78, 5) is 0.451. The standard InChI is InChI=1S/C10H18N4O2S2/c1-6-8(7(2)14-13-6)18(15,16)12-5-10(3,4)9(11)17/h12H,5H2,1-4H3,(H2,11,17)(H,13,14). The minimum absolute atomic E-state index is 0.148. The van der Waals surface area contributed by atoms with Gasteiger partial charge in [0, 0.05) is 12.0 Å². The van der Waals surface area contributed by atoms with E-state index in [-0.39, 0.29) is 16.4 Å². The van der Waals surface area contributed by atoms with Gasteiger partial charge in [0.15, 0.2) is 0 Å². The number of hydrogen-bond donors (Lipinski definition) is 3. The highest BCUT2D eigenvalue weighted by molar-refractivity contribution is 7.89. The summed E-state index contributed by atoms with van der Waals surface area (Å²) in [5.41, 5.74) is 5.93. The van der Waals surface area contributed by atoms with E-state index in [1.54, 1.807) is 27.7 Å². The number of rotatable bonds is 5. The van der Waals surface area contributed by atoms with Crippen LogP contribution in [0.1, 0.15) is 25.2 Å². The second kappa shape index (κ2) is 4.94. The second-order valence-electron chi connectivity index (χ2n) is 4.84. The van der Waals surface area contributed by atoms with Crippen molar-refractivity contribution in [3.8, 4) is 0 Å². The van der Waals surface area contributed by atoms with Crippen molar-refractivity contribution >= 4 is 27.2 Å². The fourth-order valence-electron chi connectivity index (χ4n) is 1.37. The average Bonchev–Trinajstić information content (AvgIpc) is 2.56. The molecule has 0 aliphatic rings. The zero-order valence-corrected chi connectivity index (χ0v) is 12.5. The van der Waals surface area contributed by atoms with Crippen molar-refractivity contribution in [3.05, 3.63) is 11.4 Å². The van der Waals surface area contributed by atoms with Crippen LogP contribution in [-0.4, -0.2) is 30.1 Å². The Morgan fingerprint density at radius 2 is 2.06 bits per heavy atom. The van der Waals surface area contributed by atoms with Crippen molar-refractivity contribution in [2.24, 2.45) is 11.1 Å². The van der Waals surface area contributed by atoms with Crippen molar-refractivity contribution in [1.29, 1.82) is 0 Å². The van der Waals surface area contributed by atoms with Gasteiger partial charge in [0.05, 0.1) is 16.4 Å². The highest BCUT2D eigenvalue weighted by Gasteiger charge is 2.27. The SMILES string of the molecule is Cc1n[nH]c(C)c1S(=O)(=O)NCC(C)(C)C(N)=S. The predicted octanol–water partition coefficient (Wildman–Crippen LogP) is 0.617. The first-order valence-corrected chi connectivity index (χ1v) is 7.28. The molecule has 1 heterocycles. The highest BCUT2D eigenvalue weighted by atomic mass is 32.2. The fraction of sp³-hybridized carbons (Fsp3) is 0.600. The molecule has 1 rings (SSSR count). The lowest BCUT2D eigenvalue weighted by Crippen LogP contribution is -2.41. The minimum atomic E-state index is -3.60. The Labute approximate surface area is 112 Å². The van der Waals surface area contributed by atoms with Crippen LogP contribution in [0.15, 0.2) is 4.90 Å². The van der Waals surface area contributed by atoms with Gasteiger partial charge >= 0.3 is 0 Å². The molecule has 102 valence electrons. The van der Waals surface area contributed by atoms with Crippen LogP contribution in [0.25, 0.3) is 0 Å². The Morgan fingerprint density at radius 3 is 2.44 bits per heavy atom. The van der Waals surface area contributed by atoms with Gasteiger partial charge in [0.2, 0.25) is 10.0 Å². The van der Waals surface area contributed by atoms with Gasteiger partial charge < -0.3 is 5.73 Å². The molecular weight excluding hydrogens is 272 g/mol. The molecule has 0 radical (unpaired) electrons. The van der Waals surface area contributed by atoms with Crippen LogP contribution < -0.4 is 10.5 Å². The highest BCUT2D eigenvalue weighted by Crippen LogP contribution is 2.19. The molecule has 1 aromatic heterocycles. The molecule has 8 heteroatoms. The zero-order chi connectivity index (χ0) is 14.1. The van der Waals surface area contributed by atoms with Crippen LogP contribution in [0.3, 0.4) is 0 Å². The molecule has 6 nitrogen and oxygen atoms in total. The lowest BCUT2D eigenvalue weighted by atomic mass is 9.94. The number of nitrogens with one attached hydrogen (secondary N) is 2. The molecular formula is C10H18N4O2S2. The summed E-state index contributed by atoms with van der Waals surface area (Å²) < 4.78 is 26.8. The third kappa shape index (κ3) is 3.06. The first kappa shape index (κ1) is 15.1. The van der Waals surface area contributed by atoms with Gasteiger partial charge in [-0.3, -0.25) is 5.10 Å². The number of nitrogens with zero attached hydrogens (tertiary/aromatic N) is 1. The minimum Gasteiger partial charge on any atom is -0.393 e.